The highest BCUT2D eigenvalue weighted by molar-refractivity contribution is 5.91. The monoisotopic (exact) mass is 168 g/mol. The maximum atomic E-state index is 10.9. The molecule has 4 nitrogen and oxygen atoms in total. The van der Waals surface area contributed by atoms with Crippen LogP contribution in [0.1, 0.15) is 13.8 Å². The molecule has 1 atom stereocenters. The Labute approximate surface area is 71.6 Å². The predicted molar refractivity (Wildman–Crippen MR) is 43.7 cm³/mol. The SMILES string of the molecule is CC(C)COC(=O)C(C#N)C=N. The molecule has 0 aromatic rings. The smallest absolute Gasteiger partial charge is 0.328 e. The van der Waals surface area contributed by atoms with Crippen molar-refractivity contribution in [1.82, 2.24) is 0 Å². The number of carbonyl (C=O) groups is 1. The van der Waals surface area contributed by atoms with Gasteiger partial charge < -0.3 is 10.1 Å². The van der Waals surface area contributed by atoms with Crippen LogP contribution in [0.15, 0.2) is 0 Å². The van der Waals surface area contributed by atoms with Gasteiger partial charge in [0.05, 0.1) is 12.7 Å². The third-order valence-corrected chi connectivity index (χ3v) is 1.12. The summed E-state index contributed by atoms with van der Waals surface area (Å²) in [5.41, 5.74) is 0. The molecule has 0 amide bonds. The van der Waals surface area contributed by atoms with Crippen molar-refractivity contribution in [3.05, 3.63) is 0 Å². The van der Waals surface area contributed by atoms with Gasteiger partial charge in [0.15, 0.2) is 5.92 Å². The molecule has 0 saturated heterocycles. The Kier molecular flexibility index (Phi) is 4.70. The van der Waals surface area contributed by atoms with Crippen molar-refractivity contribution in [2.45, 2.75) is 13.8 Å². The van der Waals surface area contributed by atoms with Gasteiger partial charge in [-0.1, -0.05) is 13.8 Å². The van der Waals surface area contributed by atoms with Crippen LogP contribution in [0.25, 0.3) is 0 Å². The molecule has 0 aliphatic rings. The minimum absolute atomic E-state index is 0.249. The Morgan fingerprint density at radius 3 is 2.67 bits per heavy atom. The summed E-state index contributed by atoms with van der Waals surface area (Å²) < 4.78 is 4.73. The van der Waals surface area contributed by atoms with E-state index < -0.39 is 11.9 Å². The van der Waals surface area contributed by atoms with Crippen LogP contribution in [-0.4, -0.2) is 18.8 Å². The van der Waals surface area contributed by atoms with Crippen molar-refractivity contribution in [3.63, 3.8) is 0 Å². The number of nitriles is 1. The molecule has 0 bridgehead atoms. The number of esters is 1. The minimum Gasteiger partial charge on any atom is -0.464 e. The van der Waals surface area contributed by atoms with Gasteiger partial charge in [0.2, 0.25) is 0 Å². The van der Waals surface area contributed by atoms with Crippen molar-refractivity contribution < 1.29 is 9.53 Å². The van der Waals surface area contributed by atoms with Gasteiger partial charge in [0.25, 0.3) is 0 Å². The summed E-state index contributed by atoms with van der Waals surface area (Å²) in [5, 5.41) is 15.1. The molecule has 12 heavy (non-hydrogen) atoms. The fourth-order valence-electron chi connectivity index (χ4n) is 0.497. The lowest BCUT2D eigenvalue weighted by Gasteiger charge is -2.07. The highest BCUT2D eigenvalue weighted by Gasteiger charge is 2.16. The van der Waals surface area contributed by atoms with Gasteiger partial charge in [-0.3, -0.25) is 4.79 Å². The van der Waals surface area contributed by atoms with E-state index in [-0.39, 0.29) is 5.92 Å². The zero-order valence-electron chi connectivity index (χ0n) is 7.20. The molecule has 1 N–H and O–H groups in total. The van der Waals surface area contributed by atoms with Gasteiger partial charge in [-0.05, 0) is 5.92 Å². The van der Waals surface area contributed by atoms with Gasteiger partial charge in [0.1, 0.15) is 0 Å². The molecule has 0 aliphatic carbocycles. The summed E-state index contributed by atoms with van der Waals surface area (Å²) >= 11 is 0. The van der Waals surface area contributed by atoms with E-state index in [0.29, 0.717) is 6.61 Å². The van der Waals surface area contributed by atoms with Crippen LogP contribution < -0.4 is 0 Å². The summed E-state index contributed by atoms with van der Waals surface area (Å²) in [4.78, 5) is 10.9. The lowest BCUT2D eigenvalue weighted by molar-refractivity contribution is -0.145. The van der Waals surface area contributed by atoms with Crippen molar-refractivity contribution in [2.24, 2.45) is 11.8 Å². The lowest BCUT2D eigenvalue weighted by atomic mass is 10.2. The third kappa shape index (κ3) is 3.71. The fourth-order valence-corrected chi connectivity index (χ4v) is 0.497. The first-order valence-corrected chi connectivity index (χ1v) is 3.68. The molecule has 0 aromatic heterocycles. The Morgan fingerprint density at radius 1 is 1.75 bits per heavy atom. The molecule has 0 aromatic carbocycles. The molecular weight excluding hydrogens is 156 g/mol. The summed E-state index contributed by atoms with van der Waals surface area (Å²) in [7, 11) is 0. The van der Waals surface area contributed by atoms with E-state index >= 15 is 0 Å². The van der Waals surface area contributed by atoms with Gasteiger partial charge >= 0.3 is 5.97 Å². The summed E-state index contributed by atoms with van der Waals surface area (Å²) in [6, 6.07) is 1.66. The minimum atomic E-state index is -1.05. The average molecular weight is 168 g/mol. The Bertz CT molecular complexity index is 206. The van der Waals surface area contributed by atoms with E-state index in [0.717, 1.165) is 6.21 Å². The van der Waals surface area contributed by atoms with E-state index in [2.05, 4.69) is 0 Å². The molecule has 1 unspecified atom stereocenters. The summed E-state index contributed by atoms with van der Waals surface area (Å²) in [5.74, 6) is -1.44. The highest BCUT2D eigenvalue weighted by atomic mass is 16.5. The molecule has 0 saturated carbocycles. The highest BCUT2D eigenvalue weighted by Crippen LogP contribution is 1.98. The van der Waals surface area contributed by atoms with Gasteiger partial charge in [-0.25, -0.2) is 0 Å². The molecular formula is C8H12N2O2. The second kappa shape index (κ2) is 5.30. The Hall–Kier alpha value is -1.37. The van der Waals surface area contributed by atoms with E-state index in [9.17, 15) is 4.79 Å². The number of hydrogen-bond acceptors (Lipinski definition) is 4. The fraction of sp³-hybridized carbons (Fsp3) is 0.625. The van der Waals surface area contributed by atoms with E-state index in [1.165, 1.54) is 0 Å². The van der Waals surface area contributed by atoms with Gasteiger partial charge in [-0.2, -0.15) is 5.26 Å². The molecule has 4 heteroatoms. The molecule has 0 fully saturated rings. The largest absolute Gasteiger partial charge is 0.464 e. The average Bonchev–Trinajstić information content (AvgIpc) is 2.03. The quantitative estimate of drug-likeness (QED) is 0.502. The van der Waals surface area contributed by atoms with Crippen molar-refractivity contribution in [1.29, 1.82) is 10.7 Å². The number of carbonyl (C=O) groups excluding carboxylic acids is 1. The zero-order valence-corrected chi connectivity index (χ0v) is 7.20. The van der Waals surface area contributed by atoms with Crippen LogP contribution >= 0.6 is 0 Å². The van der Waals surface area contributed by atoms with Crippen LogP contribution in [0.2, 0.25) is 0 Å². The Balaban J connectivity index is 3.87. The van der Waals surface area contributed by atoms with Crippen molar-refractivity contribution in [2.75, 3.05) is 6.61 Å². The van der Waals surface area contributed by atoms with Crippen LogP contribution in [-0.2, 0) is 9.53 Å². The molecule has 0 spiro atoms. The normalized spacial score (nSPS) is 11.8. The van der Waals surface area contributed by atoms with E-state index in [1.54, 1.807) is 6.07 Å². The zero-order chi connectivity index (χ0) is 9.56. The van der Waals surface area contributed by atoms with Crippen LogP contribution in [0, 0.1) is 28.6 Å². The number of nitrogens with one attached hydrogen (secondary N) is 1. The van der Waals surface area contributed by atoms with Crippen LogP contribution in [0.4, 0.5) is 0 Å². The number of ether oxygens (including phenoxy) is 1. The number of hydrogen-bond donors (Lipinski definition) is 1. The topological polar surface area (TPSA) is 73.9 Å². The van der Waals surface area contributed by atoms with E-state index in [1.807, 2.05) is 13.8 Å². The molecule has 0 radical (unpaired) electrons. The molecule has 66 valence electrons. The first-order chi connectivity index (χ1) is 5.61. The van der Waals surface area contributed by atoms with E-state index in [4.69, 9.17) is 15.4 Å². The van der Waals surface area contributed by atoms with Crippen LogP contribution in [0.3, 0.4) is 0 Å². The maximum absolute atomic E-state index is 10.9. The standard InChI is InChI=1S/C8H12N2O2/c1-6(2)5-12-8(11)7(3-9)4-10/h3,6-7,9H,5H2,1-2H3. The maximum Gasteiger partial charge on any atom is 0.328 e. The predicted octanol–water partition coefficient (Wildman–Crippen LogP) is 0.975. The lowest BCUT2D eigenvalue weighted by Crippen LogP contribution is -2.19. The first kappa shape index (κ1) is 10.6. The van der Waals surface area contributed by atoms with Gasteiger partial charge in [0, 0.05) is 6.21 Å². The second-order valence-corrected chi connectivity index (χ2v) is 2.80. The Morgan fingerprint density at radius 2 is 2.33 bits per heavy atom. The van der Waals surface area contributed by atoms with Crippen LogP contribution in [0.5, 0.6) is 0 Å². The molecule has 0 rings (SSSR count). The summed E-state index contributed by atoms with van der Waals surface area (Å²) in [6.07, 6.45) is 0.780. The molecule has 0 heterocycles. The summed E-state index contributed by atoms with van der Waals surface area (Å²) in [6.45, 7) is 4.10. The van der Waals surface area contributed by atoms with Gasteiger partial charge in [-0.15, -0.1) is 0 Å². The number of rotatable bonds is 4. The van der Waals surface area contributed by atoms with Crippen molar-refractivity contribution >= 4 is 12.2 Å². The molecule has 0 aliphatic heterocycles. The first-order valence-electron chi connectivity index (χ1n) is 3.68. The number of nitrogens with zero attached hydrogens (tertiary/aromatic N) is 1. The third-order valence-electron chi connectivity index (χ3n) is 1.12. The second-order valence-electron chi connectivity index (χ2n) is 2.80. The van der Waals surface area contributed by atoms with Crippen molar-refractivity contribution in [3.8, 4) is 6.07 Å².